The number of rotatable bonds is 5. The van der Waals surface area contributed by atoms with E-state index in [4.69, 9.17) is 0 Å². The fourth-order valence-corrected chi connectivity index (χ4v) is 1.80. The molecular weight excluding hydrogens is 240 g/mol. The summed E-state index contributed by atoms with van der Waals surface area (Å²) in [5.41, 5.74) is 1.96. The highest BCUT2D eigenvalue weighted by molar-refractivity contribution is 9.09. The van der Waals surface area contributed by atoms with Crippen LogP contribution in [0.5, 0.6) is 0 Å². The van der Waals surface area contributed by atoms with Gasteiger partial charge in [0.2, 0.25) is 0 Å². The third-order valence-electron chi connectivity index (χ3n) is 2.23. The van der Waals surface area contributed by atoms with Crippen molar-refractivity contribution in [1.29, 1.82) is 0 Å². The predicted molar refractivity (Wildman–Crippen MR) is 63.2 cm³/mol. The molecule has 0 spiro atoms. The molecule has 0 saturated carbocycles. The Bertz CT molecular complexity index is 307. The number of aryl methyl sites for hydroxylation is 1. The SMILES string of the molecule is Cc1ccccc1C(=O)CCCCBr. The molecule has 0 bridgehead atoms. The quantitative estimate of drug-likeness (QED) is 0.445. The molecule has 0 radical (unpaired) electrons. The molecule has 1 rings (SSSR count). The lowest BCUT2D eigenvalue weighted by Crippen LogP contribution is -2.01. The summed E-state index contributed by atoms with van der Waals surface area (Å²) in [5.74, 6) is 0.268. The average Bonchev–Trinajstić information content (AvgIpc) is 2.18. The standard InChI is InChI=1S/C12H15BrO/c1-10-6-2-3-7-11(10)12(14)8-4-5-9-13/h2-3,6-7H,4-5,8-9H2,1H3. The maximum Gasteiger partial charge on any atom is 0.163 e. The third kappa shape index (κ3) is 3.26. The second-order valence-corrected chi connectivity index (χ2v) is 4.18. The van der Waals surface area contributed by atoms with Gasteiger partial charge in [-0.3, -0.25) is 4.79 Å². The summed E-state index contributed by atoms with van der Waals surface area (Å²) in [6.07, 6.45) is 2.70. The van der Waals surface area contributed by atoms with E-state index < -0.39 is 0 Å². The minimum absolute atomic E-state index is 0.268. The van der Waals surface area contributed by atoms with Crippen LogP contribution in [-0.4, -0.2) is 11.1 Å². The van der Waals surface area contributed by atoms with E-state index in [-0.39, 0.29) is 5.78 Å². The Morgan fingerprint density at radius 3 is 2.64 bits per heavy atom. The van der Waals surface area contributed by atoms with Gasteiger partial charge in [-0.25, -0.2) is 0 Å². The molecular formula is C12H15BrO. The zero-order valence-electron chi connectivity index (χ0n) is 8.42. The van der Waals surface area contributed by atoms with E-state index in [1.807, 2.05) is 31.2 Å². The summed E-state index contributed by atoms with van der Waals surface area (Å²) in [5, 5.41) is 0.980. The lowest BCUT2D eigenvalue weighted by molar-refractivity contribution is 0.0979. The first-order chi connectivity index (χ1) is 6.75. The molecule has 0 aliphatic rings. The average molecular weight is 255 g/mol. The predicted octanol–water partition coefficient (Wildman–Crippen LogP) is 3.74. The molecule has 1 aromatic rings. The van der Waals surface area contributed by atoms with Crippen LogP contribution in [0.15, 0.2) is 24.3 Å². The van der Waals surface area contributed by atoms with Gasteiger partial charge in [-0.15, -0.1) is 0 Å². The van der Waals surface area contributed by atoms with Crippen molar-refractivity contribution in [2.24, 2.45) is 0 Å². The molecule has 0 aliphatic heterocycles. The Kier molecular flexibility index (Phi) is 4.88. The summed E-state index contributed by atoms with van der Waals surface area (Å²) >= 11 is 3.36. The van der Waals surface area contributed by atoms with Crippen LogP contribution in [0, 0.1) is 6.92 Å². The molecule has 1 aromatic carbocycles. The van der Waals surface area contributed by atoms with Crippen LogP contribution in [0.1, 0.15) is 35.2 Å². The zero-order chi connectivity index (χ0) is 10.4. The van der Waals surface area contributed by atoms with Crippen molar-refractivity contribution in [2.45, 2.75) is 26.2 Å². The molecule has 0 N–H and O–H groups in total. The molecule has 0 heterocycles. The van der Waals surface area contributed by atoms with Gasteiger partial charge in [-0.2, -0.15) is 0 Å². The lowest BCUT2D eigenvalue weighted by atomic mass is 10.0. The molecule has 76 valence electrons. The summed E-state index contributed by atoms with van der Waals surface area (Å²) in [7, 11) is 0. The molecule has 0 saturated heterocycles. The van der Waals surface area contributed by atoms with E-state index in [2.05, 4.69) is 15.9 Å². The smallest absolute Gasteiger partial charge is 0.163 e. The molecule has 0 fully saturated rings. The minimum Gasteiger partial charge on any atom is -0.294 e. The number of carbonyl (C=O) groups is 1. The van der Waals surface area contributed by atoms with Crippen molar-refractivity contribution in [3.63, 3.8) is 0 Å². The molecule has 14 heavy (non-hydrogen) atoms. The van der Waals surface area contributed by atoms with Gasteiger partial charge in [0.1, 0.15) is 0 Å². The number of carbonyl (C=O) groups excluding carboxylic acids is 1. The molecule has 0 amide bonds. The normalized spacial score (nSPS) is 10.1. The monoisotopic (exact) mass is 254 g/mol. The van der Waals surface area contributed by atoms with E-state index in [0.29, 0.717) is 6.42 Å². The van der Waals surface area contributed by atoms with Gasteiger partial charge < -0.3 is 0 Å². The maximum absolute atomic E-state index is 11.7. The van der Waals surface area contributed by atoms with Crippen molar-refractivity contribution in [1.82, 2.24) is 0 Å². The second-order valence-electron chi connectivity index (χ2n) is 3.38. The van der Waals surface area contributed by atoms with Gasteiger partial charge in [0.05, 0.1) is 0 Å². The third-order valence-corrected chi connectivity index (χ3v) is 2.79. The van der Waals surface area contributed by atoms with Gasteiger partial charge >= 0.3 is 0 Å². The summed E-state index contributed by atoms with van der Waals surface area (Å²) < 4.78 is 0. The summed E-state index contributed by atoms with van der Waals surface area (Å²) in [6, 6.07) is 7.78. The summed E-state index contributed by atoms with van der Waals surface area (Å²) in [4.78, 5) is 11.7. The van der Waals surface area contributed by atoms with Gasteiger partial charge in [0.15, 0.2) is 5.78 Å². The van der Waals surface area contributed by atoms with E-state index in [1.165, 1.54) is 0 Å². The van der Waals surface area contributed by atoms with Crippen LogP contribution < -0.4 is 0 Å². The minimum atomic E-state index is 0.268. The maximum atomic E-state index is 11.7. The van der Waals surface area contributed by atoms with Crippen molar-refractivity contribution >= 4 is 21.7 Å². The largest absolute Gasteiger partial charge is 0.294 e. The van der Waals surface area contributed by atoms with Crippen molar-refractivity contribution in [3.05, 3.63) is 35.4 Å². The van der Waals surface area contributed by atoms with Crippen LogP contribution >= 0.6 is 15.9 Å². The fourth-order valence-electron chi connectivity index (χ4n) is 1.40. The van der Waals surface area contributed by atoms with E-state index in [9.17, 15) is 4.79 Å². The van der Waals surface area contributed by atoms with Gasteiger partial charge in [0.25, 0.3) is 0 Å². The Morgan fingerprint density at radius 2 is 2.00 bits per heavy atom. The number of Topliss-reactive ketones (excluding diaryl/α,β-unsaturated/α-hetero) is 1. The molecule has 0 atom stereocenters. The topological polar surface area (TPSA) is 17.1 Å². The number of ketones is 1. The van der Waals surface area contributed by atoms with Crippen LogP contribution in [-0.2, 0) is 0 Å². The molecule has 1 nitrogen and oxygen atoms in total. The highest BCUT2D eigenvalue weighted by Gasteiger charge is 2.06. The number of hydrogen-bond donors (Lipinski definition) is 0. The Balaban J connectivity index is 2.56. The lowest BCUT2D eigenvalue weighted by Gasteiger charge is -2.03. The Labute approximate surface area is 93.7 Å². The number of halogens is 1. The Hall–Kier alpha value is -0.630. The van der Waals surface area contributed by atoms with Crippen LogP contribution in [0.2, 0.25) is 0 Å². The Morgan fingerprint density at radius 1 is 1.29 bits per heavy atom. The van der Waals surface area contributed by atoms with Crippen molar-refractivity contribution in [3.8, 4) is 0 Å². The van der Waals surface area contributed by atoms with Crippen LogP contribution in [0.25, 0.3) is 0 Å². The van der Waals surface area contributed by atoms with Gasteiger partial charge in [-0.05, 0) is 25.3 Å². The number of alkyl halides is 1. The first kappa shape index (κ1) is 11.4. The van der Waals surface area contributed by atoms with E-state index in [0.717, 1.165) is 29.3 Å². The van der Waals surface area contributed by atoms with Gasteiger partial charge in [0, 0.05) is 17.3 Å². The molecule has 0 aliphatic carbocycles. The molecule has 0 unspecified atom stereocenters. The number of benzene rings is 1. The first-order valence-electron chi connectivity index (χ1n) is 4.90. The highest BCUT2D eigenvalue weighted by atomic mass is 79.9. The van der Waals surface area contributed by atoms with Crippen LogP contribution in [0.4, 0.5) is 0 Å². The van der Waals surface area contributed by atoms with Crippen molar-refractivity contribution < 1.29 is 4.79 Å². The van der Waals surface area contributed by atoms with E-state index in [1.54, 1.807) is 0 Å². The highest BCUT2D eigenvalue weighted by Crippen LogP contribution is 2.11. The van der Waals surface area contributed by atoms with Gasteiger partial charge in [-0.1, -0.05) is 40.2 Å². The first-order valence-corrected chi connectivity index (χ1v) is 6.02. The van der Waals surface area contributed by atoms with E-state index >= 15 is 0 Å². The fraction of sp³-hybridized carbons (Fsp3) is 0.417. The zero-order valence-corrected chi connectivity index (χ0v) is 10.0. The van der Waals surface area contributed by atoms with Crippen LogP contribution in [0.3, 0.4) is 0 Å². The molecule has 2 heteroatoms. The summed E-state index contributed by atoms with van der Waals surface area (Å²) in [6.45, 7) is 1.98. The number of hydrogen-bond acceptors (Lipinski definition) is 1. The second kappa shape index (κ2) is 5.97. The molecule has 0 aromatic heterocycles. The van der Waals surface area contributed by atoms with Crippen molar-refractivity contribution in [2.75, 3.05) is 5.33 Å². The number of unbranched alkanes of at least 4 members (excludes halogenated alkanes) is 1.